The van der Waals surface area contributed by atoms with E-state index in [0.29, 0.717) is 0 Å². The molecular formula is C13H16. The van der Waals surface area contributed by atoms with Crippen LogP contribution in [0.25, 0.3) is 0 Å². The van der Waals surface area contributed by atoms with E-state index in [9.17, 15) is 0 Å². The van der Waals surface area contributed by atoms with Crippen LogP contribution in [0.2, 0.25) is 0 Å². The van der Waals surface area contributed by atoms with Crippen LogP contribution in [0.5, 0.6) is 0 Å². The van der Waals surface area contributed by atoms with Gasteiger partial charge in [0.05, 0.1) is 0 Å². The molecule has 1 aliphatic rings. The van der Waals surface area contributed by atoms with Crippen LogP contribution < -0.4 is 0 Å². The van der Waals surface area contributed by atoms with E-state index in [2.05, 4.69) is 30.9 Å². The number of hydrogen-bond acceptors (Lipinski definition) is 0. The van der Waals surface area contributed by atoms with E-state index in [1.165, 1.54) is 24.8 Å². The Hall–Kier alpha value is -1.26. The lowest BCUT2D eigenvalue weighted by Gasteiger charge is -1.97. The molecule has 0 aromatic heterocycles. The van der Waals surface area contributed by atoms with E-state index in [4.69, 9.17) is 0 Å². The molecule has 68 valence electrons. The lowest BCUT2D eigenvalue weighted by atomic mass is 10.1. The van der Waals surface area contributed by atoms with Crippen molar-refractivity contribution in [2.75, 3.05) is 0 Å². The highest BCUT2D eigenvalue weighted by Crippen LogP contribution is 2.09. The average molecular weight is 172 g/mol. The van der Waals surface area contributed by atoms with E-state index in [1.54, 1.807) is 0 Å². The van der Waals surface area contributed by atoms with Crippen LogP contribution >= 0.6 is 0 Å². The molecule has 0 aromatic carbocycles. The molecule has 0 radical (unpaired) electrons. The lowest BCUT2D eigenvalue weighted by molar-refractivity contribution is 0.798. The van der Waals surface area contributed by atoms with Crippen molar-refractivity contribution in [2.24, 2.45) is 0 Å². The van der Waals surface area contributed by atoms with Crippen molar-refractivity contribution < 1.29 is 0 Å². The molecule has 0 nitrogen and oxygen atoms in total. The summed E-state index contributed by atoms with van der Waals surface area (Å²) in [7, 11) is 0. The van der Waals surface area contributed by atoms with Crippen LogP contribution in [0.1, 0.15) is 26.2 Å². The maximum absolute atomic E-state index is 3.05. The zero-order chi connectivity index (χ0) is 9.36. The van der Waals surface area contributed by atoms with E-state index in [1.807, 2.05) is 24.3 Å². The van der Waals surface area contributed by atoms with Crippen LogP contribution in [0.15, 0.2) is 53.8 Å². The molecule has 0 amide bonds. The molecule has 0 heteroatoms. The molecule has 0 atom stereocenters. The van der Waals surface area contributed by atoms with Crippen LogP contribution in [0.4, 0.5) is 0 Å². The van der Waals surface area contributed by atoms with Gasteiger partial charge < -0.3 is 0 Å². The van der Waals surface area contributed by atoms with Crippen molar-refractivity contribution in [3.8, 4) is 0 Å². The van der Waals surface area contributed by atoms with Crippen LogP contribution in [-0.4, -0.2) is 0 Å². The quantitative estimate of drug-likeness (QED) is 0.566. The van der Waals surface area contributed by atoms with Gasteiger partial charge in [-0.15, -0.1) is 5.73 Å². The summed E-state index contributed by atoms with van der Waals surface area (Å²) in [5.74, 6) is 0. The summed E-state index contributed by atoms with van der Waals surface area (Å²) in [6, 6.07) is 0. The van der Waals surface area contributed by atoms with Crippen LogP contribution in [-0.2, 0) is 0 Å². The Morgan fingerprint density at radius 1 is 1.15 bits per heavy atom. The third-order valence-electron chi connectivity index (χ3n) is 1.94. The zero-order valence-corrected chi connectivity index (χ0v) is 8.16. The summed E-state index contributed by atoms with van der Waals surface area (Å²) >= 11 is 0. The first-order chi connectivity index (χ1) is 6.43. The van der Waals surface area contributed by atoms with Gasteiger partial charge in [-0.25, -0.2) is 0 Å². The second-order valence-corrected chi connectivity index (χ2v) is 3.09. The van der Waals surface area contributed by atoms with Crippen molar-refractivity contribution in [2.45, 2.75) is 26.2 Å². The van der Waals surface area contributed by atoms with Gasteiger partial charge in [-0.3, -0.25) is 0 Å². The summed E-state index contributed by atoms with van der Waals surface area (Å²) in [5, 5.41) is 0. The molecule has 0 saturated heterocycles. The van der Waals surface area contributed by atoms with Crippen molar-refractivity contribution in [1.29, 1.82) is 0 Å². The average Bonchev–Trinajstić information content (AvgIpc) is 2.28. The molecule has 0 unspecified atom stereocenters. The summed E-state index contributed by atoms with van der Waals surface area (Å²) in [4.78, 5) is 0. The summed E-state index contributed by atoms with van der Waals surface area (Å²) in [5.41, 5.74) is 4.44. The second-order valence-electron chi connectivity index (χ2n) is 3.09. The Kier molecular flexibility index (Phi) is 4.74. The first kappa shape index (κ1) is 9.83. The minimum absolute atomic E-state index is 1.17. The highest BCUT2D eigenvalue weighted by molar-refractivity contribution is 5.28. The van der Waals surface area contributed by atoms with Crippen molar-refractivity contribution in [3.05, 3.63) is 53.8 Å². The predicted molar refractivity (Wildman–Crippen MR) is 58.5 cm³/mol. The summed E-state index contributed by atoms with van der Waals surface area (Å²) in [6.45, 7) is 2.22. The SMILES string of the molecule is CCCCC1=CC=CC=C=CC=C1. The molecule has 0 fully saturated rings. The van der Waals surface area contributed by atoms with Gasteiger partial charge in [0.25, 0.3) is 0 Å². The van der Waals surface area contributed by atoms with Gasteiger partial charge in [0.1, 0.15) is 0 Å². The molecule has 0 spiro atoms. The minimum Gasteiger partial charge on any atom is -0.121 e. The third kappa shape index (κ3) is 4.35. The van der Waals surface area contributed by atoms with Crippen molar-refractivity contribution >= 4 is 0 Å². The monoisotopic (exact) mass is 172 g/mol. The lowest BCUT2D eigenvalue weighted by Crippen LogP contribution is -1.78. The van der Waals surface area contributed by atoms with Gasteiger partial charge in [-0.2, -0.15) is 0 Å². The Bertz CT molecular complexity index is 281. The van der Waals surface area contributed by atoms with Gasteiger partial charge >= 0.3 is 0 Å². The zero-order valence-electron chi connectivity index (χ0n) is 8.16. The van der Waals surface area contributed by atoms with Crippen LogP contribution in [0, 0.1) is 0 Å². The van der Waals surface area contributed by atoms with Crippen molar-refractivity contribution in [1.82, 2.24) is 0 Å². The Balaban J connectivity index is 2.62. The first-order valence-corrected chi connectivity index (χ1v) is 4.88. The van der Waals surface area contributed by atoms with Crippen LogP contribution in [0.3, 0.4) is 0 Å². The fourth-order valence-corrected chi connectivity index (χ4v) is 1.18. The van der Waals surface area contributed by atoms with E-state index in [0.717, 1.165) is 0 Å². The van der Waals surface area contributed by atoms with E-state index in [-0.39, 0.29) is 0 Å². The Morgan fingerprint density at radius 2 is 2.00 bits per heavy atom. The van der Waals surface area contributed by atoms with Gasteiger partial charge in [-0.05, 0) is 30.6 Å². The van der Waals surface area contributed by atoms with Crippen molar-refractivity contribution in [3.63, 3.8) is 0 Å². The molecule has 13 heavy (non-hydrogen) atoms. The fourth-order valence-electron chi connectivity index (χ4n) is 1.18. The first-order valence-electron chi connectivity index (χ1n) is 4.88. The molecule has 0 saturated carbocycles. The molecular weight excluding hydrogens is 156 g/mol. The summed E-state index contributed by atoms with van der Waals surface area (Å²) < 4.78 is 0. The second kappa shape index (κ2) is 6.28. The molecule has 1 rings (SSSR count). The van der Waals surface area contributed by atoms with Gasteiger partial charge in [0.2, 0.25) is 0 Å². The molecule has 0 aliphatic heterocycles. The number of rotatable bonds is 3. The van der Waals surface area contributed by atoms with Gasteiger partial charge in [-0.1, -0.05) is 43.7 Å². The maximum atomic E-state index is 3.05. The topological polar surface area (TPSA) is 0 Å². The van der Waals surface area contributed by atoms with E-state index >= 15 is 0 Å². The molecule has 0 heterocycles. The number of allylic oxidation sites excluding steroid dienone is 7. The molecule has 0 aromatic rings. The highest BCUT2D eigenvalue weighted by Gasteiger charge is 1.89. The Morgan fingerprint density at radius 3 is 2.85 bits per heavy atom. The van der Waals surface area contributed by atoms with Gasteiger partial charge in [0, 0.05) is 0 Å². The highest BCUT2D eigenvalue weighted by atomic mass is 14.0. The molecule has 1 aliphatic carbocycles. The number of hydrogen-bond donors (Lipinski definition) is 0. The molecule has 0 bridgehead atoms. The van der Waals surface area contributed by atoms with Gasteiger partial charge in [0.15, 0.2) is 0 Å². The normalized spacial score (nSPS) is 15.0. The maximum Gasteiger partial charge on any atom is -0.0200 e. The Labute approximate surface area is 80.7 Å². The largest absolute Gasteiger partial charge is 0.121 e. The standard InChI is InChI=1S/C13H16/c1-2-3-10-13-11-8-6-4-5-7-9-12-13/h4,6-9,11-12H,2-3,10H2,1H3. The predicted octanol–water partition coefficient (Wildman–Crippen LogP) is 3.94. The smallest absolute Gasteiger partial charge is 0.0200 e. The minimum atomic E-state index is 1.17. The fraction of sp³-hybridized carbons (Fsp3) is 0.308. The summed E-state index contributed by atoms with van der Waals surface area (Å²) in [6.07, 6.45) is 18.0. The van der Waals surface area contributed by atoms with E-state index < -0.39 is 0 Å². The molecule has 0 N–H and O–H groups in total. The number of unbranched alkanes of at least 4 members (excludes halogenated alkanes) is 1. The third-order valence-corrected chi connectivity index (χ3v) is 1.94.